The van der Waals surface area contributed by atoms with Crippen LogP contribution in [0.1, 0.15) is 35.0 Å². The highest BCUT2D eigenvalue weighted by Gasteiger charge is 2.25. The molecule has 0 radical (unpaired) electrons. The maximum absolute atomic E-state index is 12.4. The van der Waals surface area contributed by atoms with Crippen LogP contribution in [0.15, 0.2) is 48.7 Å². The zero-order valence-electron chi connectivity index (χ0n) is 15.0. The summed E-state index contributed by atoms with van der Waals surface area (Å²) in [6.45, 7) is 1.03. The number of nitrogens with zero attached hydrogens (tertiary/aromatic N) is 1. The predicted molar refractivity (Wildman–Crippen MR) is 103 cm³/mol. The largest absolute Gasteiger partial charge is 0.389 e. The fourth-order valence-electron chi connectivity index (χ4n) is 2.40. The van der Waals surface area contributed by atoms with Crippen LogP contribution in [0.3, 0.4) is 0 Å². The lowest BCUT2D eigenvalue weighted by atomic mass is 9.89. The maximum atomic E-state index is 12.4. The van der Waals surface area contributed by atoms with Crippen LogP contribution in [0, 0.1) is 29.6 Å². The molecule has 2 aromatic rings. The van der Waals surface area contributed by atoms with Crippen molar-refractivity contribution in [2.75, 3.05) is 6.61 Å². The van der Waals surface area contributed by atoms with Gasteiger partial charge in [-0.3, -0.25) is 9.59 Å². The topological polar surface area (TPSA) is 93.3 Å². The fraction of sp³-hybridized carbons (Fsp3) is 0.227. The molecule has 0 saturated carbocycles. The summed E-state index contributed by atoms with van der Waals surface area (Å²) in [6, 6.07) is 11.7. The molecule has 0 aliphatic carbocycles. The molecule has 5 nitrogen and oxygen atoms in total. The van der Waals surface area contributed by atoms with E-state index < -0.39 is 24.3 Å². The van der Waals surface area contributed by atoms with E-state index in [4.69, 9.17) is 10.8 Å². The van der Waals surface area contributed by atoms with Crippen LogP contribution in [-0.2, 0) is 4.79 Å². The Balaban J connectivity index is 2.03. The van der Waals surface area contributed by atoms with Gasteiger partial charge in [0.15, 0.2) is 11.6 Å². The minimum Gasteiger partial charge on any atom is -0.389 e. The van der Waals surface area contributed by atoms with E-state index in [2.05, 4.69) is 28.7 Å². The van der Waals surface area contributed by atoms with Gasteiger partial charge in [-0.1, -0.05) is 24.1 Å². The highest BCUT2D eigenvalue weighted by Crippen LogP contribution is 2.15. The molecule has 3 N–H and O–H groups in total. The van der Waals surface area contributed by atoms with Crippen LogP contribution in [-0.4, -0.2) is 34.3 Å². The van der Waals surface area contributed by atoms with Crippen LogP contribution in [0.5, 0.6) is 0 Å². The van der Waals surface area contributed by atoms with Crippen LogP contribution in [0.2, 0.25) is 0 Å². The van der Waals surface area contributed by atoms with E-state index in [1.807, 2.05) is 12.1 Å². The molecule has 0 spiro atoms. The molecule has 2 rings (SSSR count). The predicted octanol–water partition coefficient (Wildman–Crippen LogP) is 1.58. The van der Waals surface area contributed by atoms with Gasteiger partial charge in [0, 0.05) is 35.7 Å². The SMILES string of the molecule is C[C@@H](N)[C@H](CC(=O)c1ccc(C#CC#Cc2ccccn2)cc1)C(=O)CO. The number of aromatic nitrogens is 1. The Morgan fingerprint density at radius 2 is 1.81 bits per heavy atom. The maximum Gasteiger partial charge on any atom is 0.163 e. The number of Topliss-reactive ketones (excluding diaryl/α,β-unsaturated/α-hetero) is 2. The third-order valence-corrected chi connectivity index (χ3v) is 3.94. The lowest BCUT2D eigenvalue weighted by Crippen LogP contribution is -2.36. The van der Waals surface area contributed by atoms with Crippen molar-refractivity contribution in [2.45, 2.75) is 19.4 Å². The monoisotopic (exact) mass is 360 g/mol. The quantitative estimate of drug-likeness (QED) is 0.603. The van der Waals surface area contributed by atoms with Crippen molar-refractivity contribution >= 4 is 11.6 Å². The first kappa shape index (κ1) is 20.1. The van der Waals surface area contributed by atoms with E-state index >= 15 is 0 Å². The van der Waals surface area contributed by atoms with Crippen LogP contribution >= 0.6 is 0 Å². The molecule has 0 aliphatic heterocycles. The van der Waals surface area contributed by atoms with Crippen molar-refractivity contribution in [3.8, 4) is 23.7 Å². The second-order valence-electron chi connectivity index (χ2n) is 6.01. The van der Waals surface area contributed by atoms with Crippen molar-refractivity contribution < 1.29 is 14.7 Å². The highest BCUT2D eigenvalue weighted by atomic mass is 16.3. The summed E-state index contributed by atoms with van der Waals surface area (Å²) in [5.41, 5.74) is 7.59. The number of rotatable bonds is 6. The summed E-state index contributed by atoms with van der Waals surface area (Å²) in [5.74, 6) is 9.90. The number of aliphatic hydroxyl groups is 1. The van der Waals surface area contributed by atoms with Crippen molar-refractivity contribution in [3.05, 3.63) is 65.5 Å². The third kappa shape index (κ3) is 6.20. The summed E-state index contributed by atoms with van der Waals surface area (Å²) >= 11 is 0. The van der Waals surface area contributed by atoms with Gasteiger partial charge in [-0.25, -0.2) is 4.98 Å². The lowest BCUT2D eigenvalue weighted by Gasteiger charge is -2.17. The molecule has 0 amide bonds. The number of nitrogens with two attached hydrogens (primary N) is 1. The van der Waals surface area contributed by atoms with Gasteiger partial charge in [0.1, 0.15) is 12.3 Å². The fourth-order valence-corrected chi connectivity index (χ4v) is 2.40. The highest BCUT2D eigenvalue weighted by molar-refractivity contribution is 5.99. The van der Waals surface area contributed by atoms with Gasteiger partial charge >= 0.3 is 0 Å². The van der Waals surface area contributed by atoms with Gasteiger partial charge in [-0.15, -0.1) is 0 Å². The van der Waals surface area contributed by atoms with Crippen molar-refractivity contribution in [3.63, 3.8) is 0 Å². The number of pyridine rings is 1. The molecule has 0 bridgehead atoms. The molecule has 1 heterocycles. The number of hydrogen-bond acceptors (Lipinski definition) is 5. The van der Waals surface area contributed by atoms with Gasteiger partial charge in [-0.2, -0.15) is 0 Å². The van der Waals surface area contributed by atoms with Crippen LogP contribution < -0.4 is 5.73 Å². The molecule has 27 heavy (non-hydrogen) atoms. The van der Waals surface area contributed by atoms with Crippen molar-refractivity contribution in [1.29, 1.82) is 0 Å². The van der Waals surface area contributed by atoms with E-state index in [0.717, 1.165) is 5.56 Å². The number of carbonyl (C=O) groups excluding carboxylic acids is 2. The molecular weight excluding hydrogens is 340 g/mol. The Bertz CT molecular complexity index is 911. The Labute approximate surface area is 158 Å². The van der Waals surface area contributed by atoms with Gasteiger partial charge < -0.3 is 10.8 Å². The van der Waals surface area contributed by atoms with Crippen molar-refractivity contribution in [1.82, 2.24) is 4.98 Å². The molecule has 1 aromatic heterocycles. The number of ketones is 2. The number of aliphatic hydroxyl groups excluding tert-OH is 1. The second-order valence-corrected chi connectivity index (χ2v) is 6.01. The Hall–Kier alpha value is -3.25. The van der Waals surface area contributed by atoms with Gasteiger partial charge in [-0.05, 0) is 49.0 Å². The van der Waals surface area contributed by atoms with E-state index in [1.165, 1.54) is 0 Å². The molecule has 0 saturated heterocycles. The molecule has 136 valence electrons. The first-order chi connectivity index (χ1) is 13.0. The first-order valence-electron chi connectivity index (χ1n) is 8.46. The summed E-state index contributed by atoms with van der Waals surface area (Å²) in [5, 5.41) is 9.00. The molecule has 0 unspecified atom stereocenters. The molecule has 0 aliphatic rings. The van der Waals surface area contributed by atoms with E-state index in [9.17, 15) is 9.59 Å². The average Bonchev–Trinajstić information content (AvgIpc) is 2.69. The summed E-state index contributed by atoms with van der Waals surface area (Å²) in [6.07, 6.45) is 1.63. The Morgan fingerprint density at radius 3 is 2.41 bits per heavy atom. The Kier molecular flexibility index (Phi) is 7.46. The molecule has 2 atom stereocenters. The van der Waals surface area contributed by atoms with Crippen LogP contribution in [0.4, 0.5) is 0 Å². The molecule has 1 aromatic carbocycles. The molecular formula is C22H20N2O3. The third-order valence-electron chi connectivity index (χ3n) is 3.94. The van der Waals surface area contributed by atoms with Gasteiger partial charge in [0.05, 0.1) is 0 Å². The molecule has 0 fully saturated rings. The minimum atomic E-state index is -0.691. The first-order valence-corrected chi connectivity index (χ1v) is 8.46. The van der Waals surface area contributed by atoms with Crippen molar-refractivity contribution in [2.24, 2.45) is 11.7 Å². The van der Waals surface area contributed by atoms with Crippen LogP contribution in [0.25, 0.3) is 0 Å². The normalized spacial score (nSPS) is 12.0. The minimum absolute atomic E-state index is 0.0301. The Morgan fingerprint density at radius 1 is 1.11 bits per heavy atom. The summed E-state index contributed by atoms with van der Waals surface area (Å²) in [7, 11) is 0. The van der Waals surface area contributed by atoms with Gasteiger partial charge in [0.25, 0.3) is 0 Å². The number of carbonyl (C=O) groups is 2. The van der Waals surface area contributed by atoms with E-state index in [1.54, 1.807) is 43.5 Å². The average molecular weight is 360 g/mol. The van der Waals surface area contributed by atoms with Gasteiger partial charge in [0.2, 0.25) is 0 Å². The smallest absolute Gasteiger partial charge is 0.163 e. The zero-order valence-corrected chi connectivity index (χ0v) is 15.0. The summed E-state index contributed by atoms with van der Waals surface area (Å²) < 4.78 is 0. The van der Waals surface area contributed by atoms with E-state index in [0.29, 0.717) is 11.3 Å². The zero-order chi connectivity index (χ0) is 19.6. The van der Waals surface area contributed by atoms with E-state index in [-0.39, 0.29) is 12.2 Å². The lowest BCUT2D eigenvalue weighted by molar-refractivity contribution is -0.126. The number of hydrogen-bond donors (Lipinski definition) is 2. The second kappa shape index (κ2) is 10.0. The summed E-state index contributed by atoms with van der Waals surface area (Å²) in [4.78, 5) is 28.1. The number of benzene rings is 1. The molecule has 5 heteroatoms. The standard InChI is InChI=1S/C22H20N2O3/c1-16(23)20(22(27)15-25)14-21(26)18-11-9-17(10-12-18)6-2-3-7-19-8-4-5-13-24-19/h4-5,8-13,16,20,25H,14-15,23H2,1H3/t16-,20+/m1/s1.